The zero-order chi connectivity index (χ0) is 8.02. The standard InChI is InChI=1S/C7H5Cl4/c8-6(9)2-1-3-5(4(2)6)7(3,10)11/h1-5H. The minimum atomic E-state index is -0.549. The van der Waals surface area contributed by atoms with Crippen LogP contribution in [0.25, 0.3) is 0 Å². The normalized spacial score (nSPS) is 60.0. The maximum atomic E-state index is 5.97. The van der Waals surface area contributed by atoms with Crippen LogP contribution in [0.2, 0.25) is 0 Å². The summed E-state index contributed by atoms with van der Waals surface area (Å²) >= 11 is 23.9. The monoisotopic (exact) mass is 229 g/mol. The van der Waals surface area contributed by atoms with Gasteiger partial charge in [0.2, 0.25) is 0 Å². The molecule has 4 atom stereocenters. The Bertz CT molecular complexity index is 211. The van der Waals surface area contributed by atoms with Gasteiger partial charge in [0.15, 0.2) is 0 Å². The SMILES string of the molecule is ClC1(Cl)C2[CH]C3C(C21)C3(Cl)Cl. The van der Waals surface area contributed by atoms with Crippen LogP contribution >= 0.6 is 46.4 Å². The van der Waals surface area contributed by atoms with Gasteiger partial charge in [0, 0.05) is 23.7 Å². The van der Waals surface area contributed by atoms with Crippen LogP contribution in [0.4, 0.5) is 0 Å². The first-order chi connectivity index (χ1) is 4.97. The highest BCUT2D eigenvalue weighted by Crippen LogP contribution is 2.83. The average molecular weight is 231 g/mol. The van der Waals surface area contributed by atoms with E-state index in [1.54, 1.807) is 0 Å². The Morgan fingerprint density at radius 1 is 0.818 bits per heavy atom. The molecule has 3 aliphatic rings. The average Bonchev–Trinajstić information content (AvgIpc) is 2.57. The molecule has 0 aliphatic heterocycles. The van der Waals surface area contributed by atoms with Crippen molar-refractivity contribution in [1.29, 1.82) is 0 Å². The molecule has 0 aromatic heterocycles. The third-order valence-electron chi connectivity index (χ3n) is 3.13. The lowest BCUT2D eigenvalue weighted by molar-refractivity contribution is 0.692. The van der Waals surface area contributed by atoms with E-state index in [1.807, 2.05) is 0 Å². The van der Waals surface area contributed by atoms with Crippen molar-refractivity contribution in [2.75, 3.05) is 0 Å². The topological polar surface area (TPSA) is 0 Å². The number of rotatable bonds is 0. The van der Waals surface area contributed by atoms with Gasteiger partial charge in [0.25, 0.3) is 0 Å². The van der Waals surface area contributed by atoms with Crippen molar-refractivity contribution in [3.63, 3.8) is 0 Å². The molecule has 3 rings (SSSR count). The molecule has 4 heteroatoms. The molecule has 4 unspecified atom stereocenters. The van der Waals surface area contributed by atoms with Crippen LogP contribution in [0.3, 0.4) is 0 Å². The van der Waals surface area contributed by atoms with Gasteiger partial charge in [-0.1, -0.05) is 0 Å². The third-order valence-corrected chi connectivity index (χ3v) is 5.15. The number of hydrogen-bond acceptors (Lipinski definition) is 0. The summed E-state index contributed by atoms with van der Waals surface area (Å²) in [6.07, 6.45) is 2.12. The Kier molecular flexibility index (Phi) is 1.16. The molecule has 0 aromatic carbocycles. The fourth-order valence-electron chi connectivity index (χ4n) is 2.40. The summed E-state index contributed by atoms with van der Waals surface area (Å²) in [7, 11) is 0. The van der Waals surface area contributed by atoms with Gasteiger partial charge >= 0.3 is 0 Å². The molecule has 0 N–H and O–H groups in total. The fraction of sp³-hybridized carbons (Fsp3) is 0.857. The zero-order valence-electron chi connectivity index (χ0n) is 5.40. The lowest BCUT2D eigenvalue weighted by atomic mass is 10.2. The maximum absolute atomic E-state index is 5.97. The lowest BCUT2D eigenvalue weighted by Gasteiger charge is -1.98. The molecule has 0 heterocycles. The summed E-state index contributed by atoms with van der Waals surface area (Å²) in [6.45, 7) is 0. The summed E-state index contributed by atoms with van der Waals surface area (Å²) in [5.41, 5.74) is 0. The van der Waals surface area contributed by atoms with E-state index in [9.17, 15) is 0 Å². The quantitative estimate of drug-likeness (QED) is 0.562. The summed E-state index contributed by atoms with van der Waals surface area (Å²) < 4.78 is -1.10. The Hall–Kier alpha value is 1.16. The van der Waals surface area contributed by atoms with Crippen molar-refractivity contribution >= 4 is 46.4 Å². The Balaban J connectivity index is 1.90. The summed E-state index contributed by atoms with van der Waals surface area (Å²) in [5, 5.41) is 0. The van der Waals surface area contributed by atoms with Crippen LogP contribution < -0.4 is 0 Å². The lowest BCUT2D eigenvalue weighted by Crippen LogP contribution is -1.98. The van der Waals surface area contributed by atoms with Gasteiger partial charge in [-0.15, -0.1) is 46.4 Å². The summed E-state index contributed by atoms with van der Waals surface area (Å²) in [6, 6.07) is 0. The number of halogens is 4. The van der Waals surface area contributed by atoms with Gasteiger partial charge in [-0.25, -0.2) is 0 Å². The van der Waals surface area contributed by atoms with Gasteiger partial charge in [0.05, 0.1) is 0 Å². The Labute approximate surface area is 85.1 Å². The van der Waals surface area contributed by atoms with Gasteiger partial charge in [-0.2, -0.15) is 0 Å². The second-order valence-corrected chi connectivity index (χ2v) is 6.53. The van der Waals surface area contributed by atoms with E-state index in [4.69, 9.17) is 46.4 Å². The summed E-state index contributed by atoms with van der Waals surface area (Å²) in [4.78, 5) is 0. The van der Waals surface area contributed by atoms with Crippen molar-refractivity contribution in [2.24, 2.45) is 23.7 Å². The summed E-state index contributed by atoms with van der Waals surface area (Å²) in [5.74, 6) is 1.36. The molecule has 3 saturated carbocycles. The van der Waals surface area contributed by atoms with Gasteiger partial charge in [0.1, 0.15) is 8.67 Å². The predicted octanol–water partition coefficient (Wildman–Crippen LogP) is 3.04. The van der Waals surface area contributed by atoms with Crippen LogP contribution in [0, 0.1) is 30.1 Å². The Morgan fingerprint density at radius 3 is 1.45 bits per heavy atom. The number of hydrogen-bond donors (Lipinski definition) is 0. The third kappa shape index (κ3) is 0.678. The van der Waals surface area contributed by atoms with Crippen LogP contribution in [0.15, 0.2) is 0 Å². The smallest absolute Gasteiger partial charge is 0.101 e. The molecule has 0 nitrogen and oxygen atoms in total. The highest BCUT2D eigenvalue weighted by Gasteiger charge is 2.85. The van der Waals surface area contributed by atoms with E-state index in [0.717, 1.165) is 0 Å². The van der Waals surface area contributed by atoms with E-state index < -0.39 is 8.67 Å². The van der Waals surface area contributed by atoms with Crippen LogP contribution in [-0.2, 0) is 0 Å². The predicted molar refractivity (Wildman–Crippen MR) is 47.1 cm³/mol. The molecule has 0 aromatic rings. The molecule has 61 valence electrons. The Morgan fingerprint density at radius 2 is 1.18 bits per heavy atom. The molecule has 3 aliphatic carbocycles. The van der Waals surface area contributed by atoms with Crippen molar-refractivity contribution < 1.29 is 0 Å². The van der Waals surface area contributed by atoms with E-state index in [-0.39, 0.29) is 0 Å². The largest absolute Gasteiger partial charge is 0.125 e. The minimum Gasteiger partial charge on any atom is -0.101 e. The zero-order valence-corrected chi connectivity index (χ0v) is 8.42. The molecular weight excluding hydrogens is 226 g/mol. The number of alkyl halides is 4. The molecular formula is C7H5Cl4. The first kappa shape index (κ1) is 7.55. The molecule has 1 radical (unpaired) electrons. The second kappa shape index (κ2) is 1.68. The molecule has 0 saturated heterocycles. The first-order valence-corrected chi connectivity index (χ1v) is 5.09. The first-order valence-electron chi connectivity index (χ1n) is 3.58. The van der Waals surface area contributed by atoms with Gasteiger partial charge < -0.3 is 0 Å². The van der Waals surface area contributed by atoms with Crippen molar-refractivity contribution in [2.45, 2.75) is 8.67 Å². The molecule has 0 bridgehead atoms. The van der Waals surface area contributed by atoms with Crippen LogP contribution in [0.5, 0.6) is 0 Å². The van der Waals surface area contributed by atoms with E-state index in [0.29, 0.717) is 23.7 Å². The van der Waals surface area contributed by atoms with E-state index in [2.05, 4.69) is 6.42 Å². The molecule has 11 heavy (non-hydrogen) atoms. The van der Waals surface area contributed by atoms with E-state index in [1.165, 1.54) is 0 Å². The van der Waals surface area contributed by atoms with Crippen LogP contribution in [0.1, 0.15) is 0 Å². The molecule has 3 fully saturated rings. The van der Waals surface area contributed by atoms with Gasteiger partial charge in [-0.05, 0) is 6.42 Å². The molecule has 0 amide bonds. The molecule has 0 spiro atoms. The fourth-order valence-corrected chi connectivity index (χ4v) is 4.06. The van der Waals surface area contributed by atoms with Crippen LogP contribution in [-0.4, -0.2) is 8.67 Å². The van der Waals surface area contributed by atoms with Crippen molar-refractivity contribution in [1.82, 2.24) is 0 Å². The maximum Gasteiger partial charge on any atom is 0.125 e. The van der Waals surface area contributed by atoms with Crippen molar-refractivity contribution in [3.8, 4) is 0 Å². The second-order valence-electron chi connectivity index (χ2n) is 3.64. The van der Waals surface area contributed by atoms with E-state index >= 15 is 0 Å². The number of fused-ring (bicyclic) bond motifs is 3. The van der Waals surface area contributed by atoms with Crippen molar-refractivity contribution in [3.05, 3.63) is 6.42 Å². The van der Waals surface area contributed by atoms with Gasteiger partial charge in [-0.3, -0.25) is 0 Å². The highest BCUT2D eigenvalue weighted by molar-refractivity contribution is 6.54. The highest BCUT2D eigenvalue weighted by atomic mass is 35.5. The minimum absolute atomic E-state index is 0.325.